The first-order valence-corrected chi connectivity index (χ1v) is 8.62. The first kappa shape index (κ1) is 17.6. The summed E-state index contributed by atoms with van der Waals surface area (Å²) in [7, 11) is 0. The Morgan fingerprint density at radius 3 is 2.87 bits per heavy atom. The molecule has 0 saturated carbocycles. The summed E-state index contributed by atoms with van der Waals surface area (Å²) in [6.07, 6.45) is 9.74. The molecule has 0 aromatic heterocycles. The van der Waals surface area contributed by atoms with Gasteiger partial charge in [-0.05, 0) is 54.5 Å². The van der Waals surface area contributed by atoms with Gasteiger partial charge in [0.05, 0.1) is 12.7 Å². The third kappa shape index (κ3) is 5.11. The molecular weight excluding hydrogens is 284 g/mol. The van der Waals surface area contributed by atoms with Crippen LogP contribution in [0.2, 0.25) is 0 Å². The van der Waals surface area contributed by atoms with E-state index in [0.29, 0.717) is 12.4 Å². The van der Waals surface area contributed by atoms with E-state index in [9.17, 15) is 5.11 Å². The molecule has 2 heteroatoms. The number of hydrogen-bond donors (Lipinski definition) is 1. The Hall–Kier alpha value is -1.80. The van der Waals surface area contributed by atoms with Gasteiger partial charge in [0.15, 0.2) is 0 Å². The van der Waals surface area contributed by atoms with Crippen molar-refractivity contribution in [2.75, 3.05) is 6.61 Å². The Labute approximate surface area is 140 Å². The van der Waals surface area contributed by atoms with Crippen molar-refractivity contribution in [3.8, 4) is 5.75 Å². The Balaban J connectivity index is 1.98. The number of ether oxygens (including phenoxy) is 1. The highest BCUT2D eigenvalue weighted by Crippen LogP contribution is 2.29. The van der Waals surface area contributed by atoms with Crippen molar-refractivity contribution in [3.05, 3.63) is 59.2 Å². The second-order valence-corrected chi connectivity index (χ2v) is 6.12. The summed E-state index contributed by atoms with van der Waals surface area (Å²) in [5.74, 6) is 0.314. The molecule has 1 heterocycles. The Kier molecular flexibility index (Phi) is 6.66. The van der Waals surface area contributed by atoms with Gasteiger partial charge in [0, 0.05) is 0 Å². The molecule has 0 aliphatic carbocycles. The molecule has 1 unspecified atom stereocenters. The number of rotatable bonds is 8. The van der Waals surface area contributed by atoms with Crippen LogP contribution >= 0.6 is 0 Å². The van der Waals surface area contributed by atoms with Crippen LogP contribution in [0.4, 0.5) is 0 Å². The Morgan fingerprint density at radius 1 is 1.35 bits per heavy atom. The minimum atomic E-state index is 0.188. The fourth-order valence-electron chi connectivity index (χ4n) is 3.05. The van der Waals surface area contributed by atoms with Crippen LogP contribution in [0.1, 0.15) is 51.5 Å². The molecule has 0 fully saturated rings. The second-order valence-electron chi connectivity index (χ2n) is 6.12. The fraction of sp³-hybridized carbons (Fsp3) is 0.429. The highest BCUT2D eigenvalue weighted by molar-refractivity contribution is 5.54. The van der Waals surface area contributed by atoms with Crippen molar-refractivity contribution in [1.29, 1.82) is 0 Å². The maximum Gasteiger partial charge on any atom is 0.116 e. The zero-order valence-electron chi connectivity index (χ0n) is 14.3. The summed E-state index contributed by atoms with van der Waals surface area (Å²) in [6.45, 7) is 9.28. The van der Waals surface area contributed by atoms with Crippen molar-refractivity contribution >= 4 is 6.08 Å². The highest BCUT2D eigenvalue weighted by Gasteiger charge is 2.21. The fourth-order valence-corrected chi connectivity index (χ4v) is 3.05. The van der Waals surface area contributed by atoms with Crippen molar-refractivity contribution in [3.63, 3.8) is 0 Å². The van der Waals surface area contributed by atoms with Crippen LogP contribution in [0.3, 0.4) is 0 Å². The molecule has 0 amide bonds. The molecule has 2 rings (SSSR count). The zero-order chi connectivity index (χ0) is 16.7. The molecule has 1 atom stereocenters. The van der Waals surface area contributed by atoms with E-state index in [-0.39, 0.29) is 6.10 Å². The van der Waals surface area contributed by atoms with Crippen molar-refractivity contribution in [2.45, 2.75) is 52.1 Å². The van der Waals surface area contributed by atoms with Crippen molar-refractivity contribution < 1.29 is 9.84 Å². The van der Waals surface area contributed by atoms with E-state index in [1.165, 1.54) is 16.7 Å². The molecule has 0 saturated heterocycles. The molecule has 124 valence electrons. The topological polar surface area (TPSA) is 29.5 Å². The van der Waals surface area contributed by atoms with E-state index in [0.717, 1.165) is 37.7 Å². The number of phenolic OH excluding ortho intramolecular Hbond substituents is 1. The van der Waals surface area contributed by atoms with E-state index in [4.69, 9.17) is 4.74 Å². The molecule has 0 bridgehead atoms. The summed E-state index contributed by atoms with van der Waals surface area (Å²) < 4.78 is 5.88. The summed E-state index contributed by atoms with van der Waals surface area (Å²) >= 11 is 0. The molecule has 1 aliphatic heterocycles. The van der Waals surface area contributed by atoms with Crippen LogP contribution in [-0.2, 0) is 4.74 Å². The van der Waals surface area contributed by atoms with Gasteiger partial charge in [0.2, 0.25) is 0 Å². The summed E-state index contributed by atoms with van der Waals surface area (Å²) in [4.78, 5) is 0. The molecule has 23 heavy (non-hydrogen) atoms. The minimum absolute atomic E-state index is 0.188. The molecule has 1 aromatic carbocycles. The quantitative estimate of drug-likeness (QED) is 0.672. The normalized spacial score (nSPS) is 18.1. The third-order valence-corrected chi connectivity index (χ3v) is 4.33. The number of hydrogen-bond acceptors (Lipinski definition) is 2. The van der Waals surface area contributed by atoms with Gasteiger partial charge < -0.3 is 9.84 Å². The average Bonchev–Trinajstić information content (AvgIpc) is 3.00. The number of allylic oxidation sites excluding steroid dienone is 1. The van der Waals surface area contributed by atoms with E-state index in [2.05, 4.69) is 32.6 Å². The lowest BCUT2D eigenvalue weighted by Crippen LogP contribution is -2.11. The number of aromatic hydroxyl groups is 1. The number of benzene rings is 1. The summed E-state index contributed by atoms with van der Waals surface area (Å²) in [5.41, 5.74) is 4.97. The Bertz CT molecular complexity index is 596. The zero-order valence-corrected chi connectivity index (χ0v) is 14.3. The maximum absolute atomic E-state index is 9.58. The molecule has 2 nitrogen and oxygen atoms in total. The molecule has 1 N–H and O–H groups in total. The van der Waals surface area contributed by atoms with Gasteiger partial charge in [-0.25, -0.2) is 0 Å². The Morgan fingerprint density at radius 2 is 2.17 bits per heavy atom. The van der Waals surface area contributed by atoms with Crippen LogP contribution in [-0.4, -0.2) is 17.8 Å². The van der Waals surface area contributed by atoms with Crippen LogP contribution in [0, 0.1) is 0 Å². The first-order valence-electron chi connectivity index (χ1n) is 8.62. The van der Waals surface area contributed by atoms with Crippen LogP contribution in [0.15, 0.2) is 53.6 Å². The molecule has 0 spiro atoms. The van der Waals surface area contributed by atoms with E-state index < -0.39 is 0 Å². The SMILES string of the molecule is C=C(CCC)C1=CCOC1CC/C(=C/c1cccc(O)c1)CC. The van der Waals surface area contributed by atoms with Gasteiger partial charge in [-0.3, -0.25) is 0 Å². The van der Waals surface area contributed by atoms with Crippen molar-refractivity contribution in [2.24, 2.45) is 0 Å². The van der Waals surface area contributed by atoms with Gasteiger partial charge in [-0.2, -0.15) is 0 Å². The molecule has 1 aromatic rings. The average molecular weight is 312 g/mol. The van der Waals surface area contributed by atoms with Gasteiger partial charge in [-0.15, -0.1) is 0 Å². The molecule has 0 radical (unpaired) electrons. The lowest BCUT2D eigenvalue weighted by atomic mass is 9.94. The van der Waals surface area contributed by atoms with Crippen LogP contribution in [0.25, 0.3) is 6.08 Å². The summed E-state index contributed by atoms with van der Waals surface area (Å²) in [5, 5.41) is 9.58. The number of phenols is 1. The van der Waals surface area contributed by atoms with E-state index in [1.54, 1.807) is 12.1 Å². The lowest BCUT2D eigenvalue weighted by Gasteiger charge is -2.17. The third-order valence-electron chi connectivity index (χ3n) is 4.33. The van der Waals surface area contributed by atoms with Crippen LogP contribution < -0.4 is 0 Å². The highest BCUT2D eigenvalue weighted by atomic mass is 16.5. The first-order chi connectivity index (χ1) is 11.1. The smallest absolute Gasteiger partial charge is 0.116 e. The van der Waals surface area contributed by atoms with E-state index in [1.807, 2.05) is 12.1 Å². The van der Waals surface area contributed by atoms with Crippen molar-refractivity contribution in [1.82, 2.24) is 0 Å². The largest absolute Gasteiger partial charge is 0.508 e. The summed E-state index contributed by atoms with van der Waals surface area (Å²) in [6, 6.07) is 7.40. The lowest BCUT2D eigenvalue weighted by molar-refractivity contribution is 0.116. The van der Waals surface area contributed by atoms with Gasteiger partial charge in [0.25, 0.3) is 0 Å². The molecule has 1 aliphatic rings. The van der Waals surface area contributed by atoms with Gasteiger partial charge >= 0.3 is 0 Å². The van der Waals surface area contributed by atoms with Gasteiger partial charge in [-0.1, -0.05) is 56.7 Å². The van der Waals surface area contributed by atoms with Crippen LogP contribution in [0.5, 0.6) is 5.75 Å². The maximum atomic E-state index is 9.58. The predicted octanol–water partition coefficient (Wildman–Crippen LogP) is 5.65. The van der Waals surface area contributed by atoms with Gasteiger partial charge in [0.1, 0.15) is 5.75 Å². The second kappa shape index (κ2) is 8.73. The predicted molar refractivity (Wildman–Crippen MR) is 97.5 cm³/mol. The monoisotopic (exact) mass is 312 g/mol. The van der Waals surface area contributed by atoms with E-state index >= 15 is 0 Å². The minimum Gasteiger partial charge on any atom is -0.508 e. The standard InChI is InChI=1S/C21H28O2/c1-4-7-16(3)20-12-13-23-21(20)11-10-17(5-2)14-18-8-6-9-19(22)15-18/h6,8-9,12,14-15,21-22H,3-5,7,10-11,13H2,1-2H3/b17-14+. The molecular formula is C21H28O2.